The van der Waals surface area contributed by atoms with Crippen molar-refractivity contribution in [2.75, 3.05) is 44.4 Å². The van der Waals surface area contributed by atoms with E-state index in [1.807, 2.05) is 6.92 Å². The molecule has 1 fully saturated rings. The molecule has 6 heteroatoms. The van der Waals surface area contributed by atoms with E-state index in [9.17, 15) is 4.79 Å². The third-order valence-corrected chi connectivity index (χ3v) is 6.23. The Morgan fingerprint density at radius 1 is 1.26 bits per heavy atom. The van der Waals surface area contributed by atoms with Crippen LogP contribution in [-0.4, -0.2) is 64.9 Å². The number of carboxylic acids is 1. The highest BCUT2D eigenvalue weighted by Crippen LogP contribution is 2.34. The van der Waals surface area contributed by atoms with Crippen molar-refractivity contribution >= 4 is 28.6 Å². The maximum atomic E-state index is 10.6. The van der Waals surface area contributed by atoms with E-state index in [1.165, 1.54) is 41.1 Å². The minimum Gasteiger partial charge on any atom is -0.481 e. The van der Waals surface area contributed by atoms with E-state index in [0.29, 0.717) is 5.92 Å². The maximum Gasteiger partial charge on any atom is 0.313 e. The second-order valence-corrected chi connectivity index (χ2v) is 8.16. The van der Waals surface area contributed by atoms with Crippen molar-refractivity contribution in [2.24, 2.45) is 0 Å². The number of hydrogen-bond acceptors (Lipinski definition) is 4. The number of thioether (sulfide) groups is 1. The number of carbonyl (C=O) groups is 1. The Hall–Kier alpha value is -1.50. The number of nitrogens with zero attached hydrogens (tertiary/aromatic N) is 2. The summed E-state index contributed by atoms with van der Waals surface area (Å²) in [5.74, 6) is 0.983. The topological polar surface area (TPSA) is 54.7 Å². The zero-order valence-corrected chi connectivity index (χ0v) is 16.9. The van der Waals surface area contributed by atoms with Crippen LogP contribution in [0.1, 0.15) is 31.2 Å². The molecule has 148 valence electrons. The second kappa shape index (κ2) is 10.2. The smallest absolute Gasteiger partial charge is 0.313 e. The molecule has 0 saturated carbocycles. The van der Waals surface area contributed by atoms with Gasteiger partial charge in [-0.1, -0.05) is 18.2 Å². The fourth-order valence-corrected chi connectivity index (χ4v) is 4.62. The molecular weight excluding hydrogens is 360 g/mol. The summed E-state index contributed by atoms with van der Waals surface area (Å²) in [6, 6.07) is 8.70. The first kappa shape index (κ1) is 20.2. The molecule has 0 aliphatic carbocycles. The first-order valence-corrected chi connectivity index (χ1v) is 11.0. The van der Waals surface area contributed by atoms with Crippen LogP contribution in [0.15, 0.2) is 30.5 Å². The standard InChI is InChI=1S/C21H30N2O3S/c1-2-26-13-11-23-15-19(18-5-3-4-6-20(18)23)17-7-9-22(10-8-17)12-14-27-16-21(24)25/h3-6,15,17H,2,7-14,16H2,1H3,(H,24,25). The van der Waals surface area contributed by atoms with Gasteiger partial charge in [0.2, 0.25) is 0 Å². The van der Waals surface area contributed by atoms with Gasteiger partial charge in [0.25, 0.3) is 0 Å². The van der Waals surface area contributed by atoms with Crippen molar-refractivity contribution in [1.82, 2.24) is 9.47 Å². The number of aromatic nitrogens is 1. The zero-order valence-electron chi connectivity index (χ0n) is 16.1. The summed E-state index contributed by atoms with van der Waals surface area (Å²) in [5, 5.41) is 10.1. The Kier molecular flexibility index (Phi) is 7.61. The molecule has 0 spiro atoms. The van der Waals surface area contributed by atoms with Crippen molar-refractivity contribution in [2.45, 2.75) is 32.2 Å². The van der Waals surface area contributed by atoms with Gasteiger partial charge in [-0.3, -0.25) is 4.79 Å². The Morgan fingerprint density at radius 3 is 2.78 bits per heavy atom. The lowest BCUT2D eigenvalue weighted by molar-refractivity contribution is -0.133. The van der Waals surface area contributed by atoms with Gasteiger partial charge in [-0.25, -0.2) is 0 Å². The first-order valence-electron chi connectivity index (χ1n) is 9.86. The number of para-hydroxylation sites is 1. The highest BCUT2D eigenvalue weighted by molar-refractivity contribution is 7.99. The highest BCUT2D eigenvalue weighted by Gasteiger charge is 2.23. The number of carboxylic acid groups (broad SMARTS) is 1. The zero-order chi connectivity index (χ0) is 19.1. The molecule has 0 atom stereocenters. The summed E-state index contributed by atoms with van der Waals surface area (Å²) >= 11 is 1.51. The Bertz CT molecular complexity index is 738. The van der Waals surface area contributed by atoms with Gasteiger partial charge in [0.05, 0.1) is 12.4 Å². The third-order valence-electron chi connectivity index (χ3n) is 5.30. The van der Waals surface area contributed by atoms with Gasteiger partial charge in [-0.15, -0.1) is 11.8 Å². The average Bonchev–Trinajstić information content (AvgIpc) is 3.05. The van der Waals surface area contributed by atoms with E-state index in [0.717, 1.165) is 45.1 Å². The molecule has 1 aliphatic rings. The fraction of sp³-hybridized carbons (Fsp3) is 0.571. The van der Waals surface area contributed by atoms with Crippen LogP contribution < -0.4 is 0 Å². The van der Waals surface area contributed by atoms with E-state index in [4.69, 9.17) is 9.84 Å². The number of ether oxygens (including phenoxy) is 1. The van der Waals surface area contributed by atoms with Crippen LogP contribution in [-0.2, 0) is 16.1 Å². The molecule has 0 bridgehead atoms. The normalized spacial score (nSPS) is 16.2. The van der Waals surface area contributed by atoms with Crippen molar-refractivity contribution in [3.8, 4) is 0 Å². The molecule has 1 saturated heterocycles. The van der Waals surface area contributed by atoms with E-state index < -0.39 is 5.97 Å². The number of likely N-dealkylation sites (tertiary alicyclic amines) is 1. The minimum atomic E-state index is -0.723. The summed E-state index contributed by atoms with van der Waals surface area (Å²) in [7, 11) is 0. The molecule has 1 aromatic carbocycles. The lowest BCUT2D eigenvalue weighted by Gasteiger charge is -2.31. The van der Waals surface area contributed by atoms with Crippen LogP contribution in [0.5, 0.6) is 0 Å². The van der Waals surface area contributed by atoms with Gasteiger partial charge in [0, 0.05) is 42.5 Å². The predicted molar refractivity (Wildman–Crippen MR) is 112 cm³/mol. The highest BCUT2D eigenvalue weighted by atomic mass is 32.2. The van der Waals surface area contributed by atoms with Crippen molar-refractivity contribution < 1.29 is 14.6 Å². The van der Waals surface area contributed by atoms with Crippen LogP contribution in [0.25, 0.3) is 10.9 Å². The molecule has 0 amide bonds. The molecule has 5 nitrogen and oxygen atoms in total. The Labute approximate surface area is 165 Å². The quantitative estimate of drug-likeness (QED) is 0.627. The summed E-state index contributed by atoms with van der Waals surface area (Å²) < 4.78 is 7.89. The minimum absolute atomic E-state index is 0.206. The summed E-state index contributed by atoms with van der Waals surface area (Å²) in [6.45, 7) is 7.62. The summed E-state index contributed by atoms with van der Waals surface area (Å²) in [6.07, 6.45) is 4.68. The van der Waals surface area contributed by atoms with Gasteiger partial charge in [0.1, 0.15) is 0 Å². The molecule has 3 rings (SSSR count). The molecule has 2 aromatic rings. The van der Waals surface area contributed by atoms with Crippen LogP contribution >= 0.6 is 11.8 Å². The van der Waals surface area contributed by atoms with Crippen LogP contribution in [0.2, 0.25) is 0 Å². The molecule has 0 radical (unpaired) electrons. The predicted octanol–water partition coefficient (Wildman–Crippen LogP) is 3.68. The molecule has 0 unspecified atom stereocenters. The van der Waals surface area contributed by atoms with Crippen LogP contribution in [0, 0.1) is 0 Å². The van der Waals surface area contributed by atoms with Crippen molar-refractivity contribution in [3.05, 3.63) is 36.0 Å². The van der Waals surface area contributed by atoms with Gasteiger partial charge in [0.15, 0.2) is 0 Å². The lowest BCUT2D eigenvalue weighted by atomic mass is 9.89. The molecule has 27 heavy (non-hydrogen) atoms. The number of benzene rings is 1. The molecule has 2 heterocycles. The van der Waals surface area contributed by atoms with Crippen molar-refractivity contribution in [3.63, 3.8) is 0 Å². The van der Waals surface area contributed by atoms with E-state index >= 15 is 0 Å². The summed E-state index contributed by atoms with van der Waals surface area (Å²) in [4.78, 5) is 13.1. The fourth-order valence-electron chi connectivity index (χ4n) is 3.91. The lowest BCUT2D eigenvalue weighted by Crippen LogP contribution is -2.34. The van der Waals surface area contributed by atoms with Gasteiger partial charge < -0.3 is 19.3 Å². The number of aliphatic carboxylic acids is 1. The average molecular weight is 391 g/mol. The number of piperidine rings is 1. The third kappa shape index (κ3) is 5.50. The number of hydrogen-bond donors (Lipinski definition) is 1. The van der Waals surface area contributed by atoms with Gasteiger partial charge in [-0.2, -0.15) is 0 Å². The molecular formula is C21H30N2O3S. The second-order valence-electron chi connectivity index (χ2n) is 7.05. The Balaban J connectivity index is 1.59. The van der Waals surface area contributed by atoms with Crippen LogP contribution in [0.4, 0.5) is 0 Å². The molecule has 1 N–H and O–H groups in total. The largest absolute Gasteiger partial charge is 0.481 e. The van der Waals surface area contributed by atoms with E-state index in [2.05, 4.69) is 39.9 Å². The van der Waals surface area contributed by atoms with Gasteiger partial charge in [-0.05, 0) is 50.4 Å². The molecule has 1 aliphatic heterocycles. The SMILES string of the molecule is CCOCCn1cc(C2CCN(CCSCC(=O)O)CC2)c2ccccc21. The van der Waals surface area contributed by atoms with Crippen LogP contribution in [0.3, 0.4) is 0 Å². The number of fused-ring (bicyclic) bond motifs is 1. The Morgan fingerprint density at radius 2 is 2.04 bits per heavy atom. The van der Waals surface area contributed by atoms with Crippen molar-refractivity contribution in [1.29, 1.82) is 0 Å². The number of rotatable bonds is 10. The van der Waals surface area contributed by atoms with E-state index in [-0.39, 0.29) is 5.75 Å². The summed E-state index contributed by atoms with van der Waals surface area (Å²) in [5.41, 5.74) is 2.78. The monoisotopic (exact) mass is 390 g/mol. The first-order chi connectivity index (χ1) is 13.2. The maximum absolute atomic E-state index is 10.6. The van der Waals surface area contributed by atoms with Gasteiger partial charge >= 0.3 is 5.97 Å². The molecule has 1 aromatic heterocycles. The van der Waals surface area contributed by atoms with E-state index in [1.54, 1.807) is 0 Å².